The van der Waals surface area contributed by atoms with Crippen LogP contribution in [0.5, 0.6) is 5.75 Å². The van der Waals surface area contributed by atoms with Crippen LogP contribution in [-0.4, -0.2) is 47.1 Å². The van der Waals surface area contributed by atoms with Crippen molar-refractivity contribution in [1.82, 2.24) is 14.9 Å². The molecule has 0 spiro atoms. The van der Waals surface area contributed by atoms with Gasteiger partial charge >= 0.3 is 0 Å². The average molecular weight is 474 g/mol. The van der Waals surface area contributed by atoms with Crippen LogP contribution in [0, 0.1) is 0 Å². The summed E-state index contributed by atoms with van der Waals surface area (Å²) >= 11 is 7.35. The van der Waals surface area contributed by atoms with E-state index in [2.05, 4.69) is 10.3 Å². The Labute approximate surface area is 195 Å². The fourth-order valence-corrected chi connectivity index (χ4v) is 4.73. The topological polar surface area (TPSA) is 82.4 Å². The summed E-state index contributed by atoms with van der Waals surface area (Å²) in [5.41, 5.74) is 0.771. The van der Waals surface area contributed by atoms with E-state index in [9.17, 15) is 9.59 Å². The molecule has 0 aliphatic carbocycles. The molecule has 2 aromatic carbocycles. The van der Waals surface area contributed by atoms with Gasteiger partial charge in [-0.25, -0.2) is 4.98 Å². The second-order valence-electron chi connectivity index (χ2n) is 7.51. The van der Waals surface area contributed by atoms with Gasteiger partial charge in [-0.1, -0.05) is 35.5 Å². The fourth-order valence-electron chi connectivity index (χ4n) is 3.62. The Kier molecular flexibility index (Phi) is 7.03. The van der Waals surface area contributed by atoms with Crippen LogP contribution in [0.3, 0.4) is 0 Å². The Bertz CT molecular complexity index is 1190. The first-order valence-electron chi connectivity index (χ1n) is 10.4. The molecule has 0 saturated carbocycles. The molecule has 2 atom stereocenters. The van der Waals surface area contributed by atoms with E-state index >= 15 is 0 Å². The number of nitrogens with zero attached hydrogens (tertiary/aromatic N) is 2. The zero-order valence-electron chi connectivity index (χ0n) is 17.8. The largest absolute Gasteiger partial charge is 0.495 e. The zero-order valence-corrected chi connectivity index (χ0v) is 19.4. The number of thioether (sulfide) groups is 1. The first kappa shape index (κ1) is 22.6. The van der Waals surface area contributed by atoms with Gasteiger partial charge in [-0.2, -0.15) is 0 Å². The lowest BCUT2D eigenvalue weighted by molar-refractivity contribution is -0.120. The highest BCUT2D eigenvalue weighted by atomic mass is 35.5. The standard InChI is InChI=1S/C23H24ClN3O4S/c1-14(21(28)25-13-16-6-5-11-31-16)32-23-26-18-12-15(24)9-10-17(18)22(29)27(23)19-7-3-4-8-20(19)30-2/h3-4,7-10,12,14,16H,5-6,11,13H2,1-2H3,(H,25,28)/t14-,16-/m0/s1. The number of nitrogens with one attached hydrogen (secondary N) is 1. The second-order valence-corrected chi connectivity index (χ2v) is 9.25. The van der Waals surface area contributed by atoms with E-state index < -0.39 is 5.25 Å². The number of hydrogen-bond acceptors (Lipinski definition) is 6. The van der Waals surface area contributed by atoms with Crippen molar-refractivity contribution in [2.24, 2.45) is 0 Å². The third-order valence-electron chi connectivity index (χ3n) is 5.31. The third-order valence-corrected chi connectivity index (χ3v) is 6.59. The highest BCUT2D eigenvalue weighted by Crippen LogP contribution is 2.29. The van der Waals surface area contributed by atoms with E-state index in [1.54, 1.807) is 44.4 Å². The quantitative estimate of drug-likeness (QED) is 0.415. The number of fused-ring (bicyclic) bond motifs is 1. The molecule has 2 heterocycles. The van der Waals surface area contributed by atoms with E-state index in [4.69, 9.17) is 21.1 Å². The molecule has 1 N–H and O–H groups in total. The van der Waals surface area contributed by atoms with Crippen LogP contribution in [0.25, 0.3) is 16.6 Å². The van der Waals surface area contributed by atoms with Gasteiger partial charge < -0.3 is 14.8 Å². The summed E-state index contributed by atoms with van der Waals surface area (Å²) in [6, 6.07) is 12.2. The number of methoxy groups -OCH3 is 1. The minimum atomic E-state index is -0.485. The number of carbonyl (C=O) groups excluding carboxylic acids is 1. The summed E-state index contributed by atoms with van der Waals surface area (Å²) in [5.74, 6) is 0.388. The second kappa shape index (κ2) is 9.94. The predicted molar refractivity (Wildman–Crippen MR) is 126 cm³/mol. The van der Waals surface area contributed by atoms with Gasteiger partial charge in [0.05, 0.1) is 35.1 Å². The maximum atomic E-state index is 13.5. The molecule has 0 unspecified atom stereocenters. The maximum Gasteiger partial charge on any atom is 0.266 e. The van der Waals surface area contributed by atoms with Gasteiger partial charge in [0.25, 0.3) is 5.56 Å². The van der Waals surface area contributed by atoms with E-state index in [0.717, 1.165) is 19.4 Å². The number of halogens is 1. The van der Waals surface area contributed by atoms with Gasteiger partial charge in [-0.15, -0.1) is 0 Å². The fraction of sp³-hybridized carbons (Fsp3) is 0.348. The van der Waals surface area contributed by atoms with Gasteiger partial charge in [0.2, 0.25) is 5.91 Å². The van der Waals surface area contributed by atoms with Crippen molar-refractivity contribution >= 4 is 40.2 Å². The van der Waals surface area contributed by atoms with E-state index in [1.807, 2.05) is 12.1 Å². The van der Waals surface area contributed by atoms with Crippen LogP contribution in [0.4, 0.5) is 0 Å². The van der Waals surface area contributed by atoms with Crippen molar-refractivity contribution in [3.05, 3.63) is 57.8 Å². The zero-order chi connectivity index (χ0) is 22.7. The number of ether oxygens (including phenoxy) is 2. The first-order valence-corrected chi connectivity index (χ1v) is 11.7. The number of carbonyl (C=O) groups is 1. The molecule has 1 fully saturated rings. The van der Waals surface area contributed by atoms with E-state index in [0.29, 0.717) is 39.1 Å². The summed E-state index contributed by atoms with van der Waals surface area (Å²) in [6.45, 7) is 3.00. The average Bonchev–Trinajstić information content (AvgIpc) is 3.31. The number of amides is 1. The predicted octanol–water partition coefficient (Wildman–Crippen LogP) is 3.82. The molecule has 168 valence electrons. The molecule has 3 aromatic rings. The van der Waals surface area contributed by atoms with Crippen molar-refractivity contribution in [3.63, 3.8) is 0 Å². The van der Waals surface area contributed by atoms with Crippen LogP contribution in [0.1, 0.15) is 19.8 Å². The van der Waals surface area contributed by atoms with Crippen molar-refractivity contribution in [2.75, 3.05) is 20.3 Å². The Morgan fingerprint density at radius 3 is 2.94 bits per heavy atom. The Morgan fingerprint density at radius 1 is 1.38 bits per heavy atom. The lowest BCUT2D eigenvalue weighted by Gasteiger charge is -2.18. The van der Waals surface area contributed by atoms with Crippen molar-refractivity contribution < 1.29 is 14.3 Å². The van der Waals surface area contributed by atoms with E-state index in [-0.39, 0.29) is 17.6 Å². The molecule has 1 aromatic heterocycles. The molecular formula is C23H24ClN3O4S. The van der Waals surface area contributed by atoms with Crippen LogP contribution in [0.15, 0.2) is 52.4 Å². The molecule has 1 saturated heterocycles. The molecule has 1 aliphatic rings. The normalized spacial score (nSPS) is 16.8. The number of para-hydroxylation sites is 2. The summed E-state index contributed by atoms with van der Waals surface area (Å²) in [7, 11) is 1.55. The molecule has 4 rings (SSSR count). The summed E-state index contributed by atoms with van der Waals surface area (Å²) in [6.07, 6.45) is 2.02. The number of benzene rings is 2. The molecule has 0 radical (unpaired) electrons. The van der Waals surface area contributed by atoms with Crippen LogP contribution < -0.4 is 15.6 Å². The smallest absolute Gasteiger partial charge is 0.266 e. The van der Waals surface area contributed by atoms with Crippen molar-refractivity contribution in [3.8, 4) is 11.4 Å². The highest BCUT2D eigenvalue weighted by molar-refractivity contribution is 8.00. The van der Waals surface area contributed by atoms with Gasteiger partial charge in [0.1, 0.15) is 5.75 Å². The lowest BCUT2D eigenvalue weighted by Crippen LogP contribution is -2.36. The summed E-state index contributed by atoms with van der Waals surface area (Å²) in [5, 5.41) is 3.75. The number of rotatable bonds is 7. The molecule has 1 amide bonds. The Balaban J connectivity index is 1.71. The number of aromatic nitrogens is 2. The van der Waals surface area contributed by atoms with Gasteiger partial charge in [-0.3, -0.25) is 14.2 Å². The van der Waals surface area contributed by atoms with Gasteiger partial charge in [-0.05, 0) is 50.1 Å². The minimum absolute atomic E-state index is 0.0591. The molecule has 7 nitrogen and oxygen atoms in total. The monoisotopic (exact) mass is 473 g/mol. The number of hydrogen-bond donors (Lipinski definition) is 1. The Hall–Kier alpha value is -2.55. The molecule has 1 aliphatic heterocycles. The van der Waals surface area contributed by atoms with E-state index in [1.165, 1.54) is 16.3 Å². The lowest BCUT2D eigenvalue weighted by atomic mass is 10.2. The van der Waals surface area contributed by atoms with Crippen LogP contribution >= 0.6 is 23.4 Å². The van der Waals surface area contributed by atoms with Gasteiger partial charge in [0.15, 0.2) is 5.16 Å². The van der Waals surface area contributed by atoms with Crippen molar-refractivity contribution in [1.29, 1.82) is 0 Å². The molecular weight excluding hydrogens is 450 g/mol. The first-order chi connectivity index (χ1) is 15.5. The van der Waals surface area contributed by atoms with Crippen molar-refractivity contribution in [2.45, 2.75) is 36.3 Å². The SMILES string of the molecule is COc1ccccc1-n1c(S[C@@H](C)C(=O)NC[C@@H]2CCCO2)nc2cc(Cl)ccc2c1=O. The highest BCUT2D eigenvalue weighted by Gasteiger charge is 2.23. The summed E-state index contributed by atoms with van der Waals surface area (Å²) in [4.78, 5) is 30.9. The van der Waals surface area contributed by atoms with Crippen LogP contribution in [0.2, 0.25) is 5.02 Å². The third kappa shape index (κ3) is 4.77. The van der Waals surface area contributed by atoms with Crippen LogP contribution in [-0.2, 0) is 9.53 Å². The molecule has 0 bridgehead atoms. The van der Waals surface area contributed by atoms with Gasteiger partial charge in [0, 0.05) is 18.2 Å². The molecule has 9 heteroatoms. The minimum Gasteiger partial charge on any atom is -0.495 e. The Morgan fingerprint density at radius 2 is 2.19 bits per heavy atom. The summed E-state index contributed by atoms with van der Waals surface area (Å²) < 4.78 is 12.5. The molecule has 32 heavy (non-hydrogen) atoms. The maximum absolute atomic E-state index is 13.5.